The maximum atomic E-state index is 13.1. The molecule has 204 valence electrons. The minimum absolute atomic E-state index is 0.262. The van der Waals surface area contributed by atoms with Gasteiger partial charge in [0.1, 0.15) is 18.1 Å². The number of Topliss-reactive ketones (excluding diaryl/α,β-unsaturated/α-hetero) is 1. The number of hydrogen-bond donors (Lipinski definition) is 1. The van der Waals surface area contributed by atoms with Crippen LogP contribution in [0.15, 0.2) is 32.4 Å². The molecule has 2 N–H and O–H groups in total. The molecule has 0 aromatic carbocycles. The highest BCUT2D eigenvalue weighted by molar-refractivity contribution is 7.12. The molecule has 0 unspecified atom stereocenters. The van der Waals surface area contributed by atoms with Gasteiger partial charge in [0.05, 0.1) is 22.0 Å². The summed E-state index contributed by atoms with van der Waals surface area (Å²) >= 11 is 1.42. The normalized spacial score (nSPS) is 24.1. The predicted molar refractivity (Wildman–Crippen MR) is 148 cm³/mol. The van der Waals surface area contributed by atoms with Gasteiger partial charge in [-0.25, -0.2) is 9.98 Å². The third-order valence-corrected chi connectivity index (χ3v) is 8.98. The second-order valence-corrected chi connectivity index (χ2v) is 11.4. The molecule has 4 heterocycles. The van der Waals surface area contributed by atoms with E-state index in [-0.39, 0.29) is 5.78 Å². The number of ether oxygens (including phenoxy) is 1. The van der Waals surface area contributed by atoms with Crippen LogP contribution in [0.5, 0.6) is 5.88 Å². The molecule has 11 nitrogen and oxygen atoms in total. The maximum Gasteiger partial charge on any atom is 0.219 e. The van der Waals surface area contributed by atoms with Gasteiger partial charge in [-0.15, -0.1) is 11.3 Å². The molecule has 0 radical (unpaired) electrons. The van der Waals surface area contributed by atoms with Gasteiger partial charge >= 0.3 is 0 Å². The number of likely N-dealkylation sites (tertiary alicyclic amines) is 1. The molecular weight excluding hydrogens is 516 g/mol. The molecule has 3 aliphatic rings. The van der Waals surface area contributed by atoms with Crippen LogP contribution in [0.25, 0.3) is 11.5 Å². The van der Waals surface area contributed by atoms with Gasteiger partial charge in [-0.2, -0.15) is 10.1 Å². The Morgan fingerprint density at radius 3 is 2.95 bits per heavy atom. The van der Waals surface area contributed by atoms with Crippen molar-refractivity contribution in [3.05, 3.63) is 34.0 Å². The molecule has 1 saturated heterocycles. The lowest BCUT2D eigenvalue weighted by molar-refractivity contribution is -0.128. The molecule has 12 heteroatoms. The Morgan fingerprint density at radius 2 is 2.18 bits per heavy atom. The van der Waals surface area contributed by atoms with Crippen LogP contribution in [0.3, 0.4) is 0 Å². The van der Waals surface area contributed by atoms with Crippen LogP contribution < -0.4 is 10.6 Å². The summed E-state index contributed by atoms with van der Waals surface area (Å²) in [6.45, 7) is 1.57. The van der Waals surface area contributed by atoms with E-state index in [0.29, 0.717) is 53.8 Å². The van der Waals surface area contributed by atoms with Crippen LogP contribution in [0.1, 0.15) is 67.6 Å². The highest BCUT2D eigenvalue weighted by Gasteiger charge is 2.48. The third-order valence-electron chi connectivity index (χ3n) is 8.18. The monoisotopic (exact) mass is 548 g/mol. The minimum atomic E-state index is -0.569. The summed E-state index contributed by atoms with van der Waals surface area (Å²) in [5, 5.41) is 8.27. The van der Waals surface area contributed by atoms with E-state index in [9.17, 15) is 4.79 Å². The second-order valence-electron chi connectivity index (χ2n) is 10.5. The van der Waals surface area contributed by atoms with Crippen LogP contribution in [-0.4, -0.2) is 69.0 Å². The van der Waals surface area contributed by atoms with Crippen molar-refractivity contribution in [2.24, 2.45) is 15.9 Å². The van der Waals surface area contributed by atoms with Gasteiger partial charge in [-0.1, -0.05) is 11.6 Å². The van der Waals surface area contributed by atoms with E-state index in [1.54, 1.807) is 24.0 Å². The summed E-state index contributed by atoms with van der Waals surface area (Å²) in [6.07, 6.45) is 11.3. The Bertz CT molecular complexity index is 1400. The smallest absolute Gasteiger partial charge is 0.219 e. The predicted octanol–water partition coefficient (Wildman–Crippen LogP) is 3.84. The first-order valence-corrected chi connectivity index (χ1v) is 14.4. The fraction of sp³-hybridized carbons (Fsp3) is 0.519. The summed E-state index contributed by atoms with van der Waals surface area (Å²) in [4.78, 5) is 34.3. The number of nitrogens with two attached hydrogens (primary N) is 1. The fourth-order valence-corrected chi connectivity index (χ4v) is 6.61. The number of thiazole rings is 1. The first-order valence-electron chi connectivity index (χ1n) is 13.5. The van der Waals surface area contributed by atoms with E-state index < -0.39 is 5.41 Å². The number of carbonyl (C=O) groups excluding carboxylic acids is 1. The first kappa shape index (κ1) is 25.8. The summed E-state index contributed by atoms with van der Waals surface area (Å²) in [6, 6.07) is 2.03. The van der Waals surface area contributed by atoms with Crippen molar-refractivity contribution < 1.29 is 14.1 Å². The fourth-order valence-electron chi connectivity index (χ4n) is 6.03. The van der Waals surface area contributed by atoms with Crippen LogP contribution in [0.2, 0.25) is 0 Å². The van der Waals surface area contributed by atoms with Crippen LogP contribution >= 0.6 is 11.3 Å². The van der Waals surface area contributed by atoms with Gasteiger partial charge < -0.3 is 20.0 Å². The number of likely N-dealkylation sites (N-methyl/N-ethyl adjacent to an activating group) is 1. The molecule has 39 heavy (non-hydrogen) atoms. The van der Waals surface area contributed by atoms with E-state index in [1.807, 2.05) is 0 Å². The number of carbonyl (C=O) groups is 1. The van der Waals surface area contributed by atoms with E-state index in [4.69, 9.17) is 25.1 Å². The summed E-state index contributed by atoms with van der Waals surface area (Å²) in [5.41, 5.74) is 3.11. The van der Waals surface area contributed by atoms with Gasteiger partial charge in [-0.05, 0) is 58.5 Å². The second kappa shape index (κ2) is 10.9. The lowest BCUT2D eigenvalue weighted by Gasteiger charge is -2.36. The zero-order valence-electron chi connectivity index (χ0n) is 22.0. The van der Waals surface area contributed by atoms with Crippen molar-refractivity contribution >= 4 is 34.9 Å². The molecule has 0 bridgehead atoms. The Balaban J connectivity index is 1.36. The number of aliphatic imine (C=N–C) groups is 1. The standard InChI is InChI=1S/C27H32N8O3S/c1-35-11-5-6-17(35)15-37-23-12-22(30-13-19(33-28)20-14-29-16-39-20)31-26(32-23)24-18-7-4-10-27(25(18)38-34-24)9-3-2-8-21(27)36/h12-14,16-17H,2-11,15,28H2,1H3/b30-13+,33-19+/t17-,27+/m0/s1. The van der Waals surface area contributed by atoms with Crippen molar-refractivity contribution in [2.75, 3.05) is 20.2 Å². The molecule has 2 fully saturated rings. The summed E-state index contributed by atoms with van der Waals surface area (Å²) in [7, 11) is 2.11. The van der Waals surface area contributed by atoms with Crippen LogP contribution in [0.4, 0.5) is 5.82 Å². The number of hydrazone groups is 1. The lowest BCUT2D eigenvalue weighted by atomic mass is 9.64. The Morgan fingerprint density at radius 1 is 1.28 bits per heavy atom. The quantitative estimate of drug-likeness (QED) is 0.264. The Kier molecular flexibility index (Phi) is 7.22. The van der Waals surface area contributed by atoms with Crippen LogP contribution in [0, 0.1) is 0 Å². The molecule has 6 rings (SSSR count). The molecule has 1 aliphatic heterocycles. The first-order chi connectivity index (χ1) is 19.1. The average molecular weight is 549 g/mol. The summed E-state index contributed by atoms with van der Waals surface area (Å²) < 4.78 is 12.1. The molecule has 2 aliphatic carbocycles. The SMILES string of the molecule is CN1CCC[C@H]1COc1cc(/N=C/C(=N\N)c2cncs2)nc(-c2noc3c2CCC[C@@]32CCCCC2=O)n1. The van der Waals surface area contributed by atoms with E-state index in [0.717, 1.165) is 68.4 Å². The molecule has 2 atom stereocenters. The average Bonchev–Trinajstić information content (AvgIpc) is 3.72. The van der Waals surface area contributed by atoms with E-state index in [1.165, 1.54) is 11.3 Å². The van der Waals surface area contributed by atoms with E-state index >= 15 is 0 Å². The topological polar surface area (TPSA) is 145 Å². The molecule has 0 amide bonds. The van der Waals surface area contributed by atoms with Crippen molar-refractivity contribution in [1.82, 2.24) is 25.0 Å². The minimum Gasteiger partial charge on any atom is -0.476 e. The molecule has 1 spiro atoms. The number of nitrogens with zero attached hydrogens (tertiary/aromatic N) is 7. The van der Waals surface area contributed by atoms with E-state index in [2.05, 4.69) is 32.2 Å². The highest BCUT2D eigenvalue weighted by atomic mass is 32.1. The lowest BCUT2D eigenvalue weighted by Crippen LogP contribution is -2.41. The molecule has 3 aromatic heterocycles. The number of ketones is 1. The van der Waals surface area contributed by atoms with Crippen molar-refractivity contribution in [3.63, 3.8) is 0 Å². The van der Waals surface area contributed by atoms with Gasteiger partial charge in [0.15, 0.2) is 23.1 Å². The van der Waals surface area contributed by atoms with Gasteiger partial charge in [-0.3, -0.25) is 9.78 Å². The zero-order valence-corrected chi connectivity index (χ0v) is 22.8. The van der Waals surface area contributed by atoms with Gasteiger partial charge in [0.2, 0.25) is 5.88 Å². The third kappa shape index (κ3) is 4.98. The molecule has 1 saturated carbocycles. The molecule has 3 aromatic rings. The Hall–Kier alpha value is -3.51. The van der Waals surface area contributed by atoms with Crippen molar-refractivity contribution in [3.8, 4) is 17.4 Å². The maximum absolute atomic E-state index is 13.1. The number of fused-ring (bicyclic) bond motifs is 2. The zero-order chi connectivity index (χ0) is 26.8. The molecular formula is C27H32N8O3S. The van der Waals surface area contributed by atoms with Crippen molar-refractivity contribution in [1.29, 1.82) is 0 Å². The van der Waals surface area contributed by atoms with Crippen LogP contribution in [-0.2, 0) is 16.6 Å². The number of rotatable bonds is 7. The number of aromatic nitrogens is 4. The number of hydrogen-bond acceptors (Lipinski definition) is 12. The highest BCUT2D eigenvalue weighted by Crippen LogP contribution is 2.47. The summed E-state index contributed by atoms with van der Waals surface area (Å²) in [5.74, 6) is 7.74. The Labute approximate surface area is 230 Å². The van der Waals surface area contributed by atoms with Gasteiger partial charge in [0.25, 0.3) is 0 Å². The largest absolute Gasteiger partial charge is 0.476 e. The van der Waals surface area contributed by atoms with Gasteiger partial charge in [0, 0.05) is 30.3 Å². The van der Waals surface area contributed by atoms with Crippen molar-refractivity contribution in [2.45, 2.75) is 69.2 Å².